The van der Waals surface area contributed by atoms with Crippen LogP contribution in [0.25, 0.3) is 0 Å². The molecule has 1 amide bonds. The molecule has 2 heterocycles. The highest BCUT2D eigenvalue weighted by molar-refractivity contribution is 7.15. The summed E-state index contributed by atoms with van der Waals surface area (Å²) in [5.41, 5.74) is 0.415. The van der Waals surface area contributed by atoms with E-state index < -0.39 is 0 Å². The van der Waals surface area contributed by atoms with Gasteiger partial charge in [-0.05, 0) is 31.0 Å². The number of nitrogens with one attached hydrogen (secondary N) is 1. The van der Waals surface area contributed by atoms with Gasteiger partial charge in [0.1, 0.15) is 11.1 Å². The van der Waals surface area contributed by atoms with Crippen molar-refractivity contribution < 1.29 is 9.53 Å². The van der Waals surface area contributed by atoms with E-state index >= 15 is 0 Å². The van der Waals surface area contributed by atoms with Crippen molar-refractivity contribution in [2.75, 3.05) is 11.9 Å². The second kappa shape index (κ2) is 6.27. The number of benzene rings is 1. The van der Waals surface area contributed by atoms with Gasteiger partial charge in [-0.2, -0.15) is 0 Å². The fourth-order valence-corrected chi connectivity index (χ4v) is 3.11. The number of halogens is 2. The van der Waals surface area contributed by atoms with Crippen LogP contribution >= 0.6 is 34.5 Å². The number of rotatable bonds is 3. The van der Waals surface area contributed by atoms with Gasteiger partial charge in [-0.15, -0.1) is 10.2 Å². The van der Waals surface area contributed by atoms with Gasteiger partial charge in [0, 0.05) is 12.2 Å². The zero-order chi connectivity index (χ0) is 14.8. The molecule has 1 atom stereocenters. The molecular weight excluding hydrogens is 333 g/mol. The zero-order valence-corrected chi connectivity index (χ0v) is 13.1. The second-order valence-electron chi connectivity index (χ2n) is 4.53. The van der Waals surface area contributed by atoms with Gasteiger partial charge >= 0.3 is 0 Å². The third-order valence-corrected chi connectivity index (χ3v) is 4.72. The Balaban J connectivity index is 1.70. The van der Waals surface area contributed by atoms with Crippen molar-refractivity contribution in [1.29, 1.82) is 0 Å². The van der Waals surface area contributed by atoms with Crippen LogP contribution in [0.5, 0.6) is 0 Å². The van der Waals surface area contributed by atoms with Gasteiger partial charge in [0.05, 0.1) is 10.0 Å². The maximum absolute atomic E-state index is 12.1. The highest BCUT2D eigenvalue weighted by atomic mass is 35.5. The molecule has 1 N–H and O–H groups in total. The molecule has 0 spiro atoms. The Labute approximate surface area is 135 Å². The number of carbonyl (C=O) groups excluding carboxylic acids is 1. The third-order valence-electron chi connectivity index (χ3n) is 3.05. The van der Waals surface area contributed by atoms with Gasteiger partial charge in [-0.3, -0.25) is 10.1 Å². The summed E-state index contributed by atoms with van der Waals surface area (Å²) in [5.74, 6) is -0.302. The Hall–Kier alpha value is -1.21. The summed E-state index contributed by atoms with van der Waals surface area (Å²) in [4.78, 5) is 12.1. The minimum absolute atomic E-state index is 0.00173. The molecule has 0 radical (unpaired) electrons. The molecule has 1 aromatic heterocycles. The van der Waals surface area contributed by atoms with Crippen LogP contribution in [0.4, 0.5) is 5.13 Å². The van der Waals surface area contributed by atoms with Crippen LogP contribution in [0.15, 0.2) is 18.2 Å². The quantitative estimate of drug-likeness (QED) is 0.916. The largest absolute Gasteiger partial charge is 0.371 e. The number of anilines is 1. The summed E-state index contributed by atoms with van der Waals surface area (Å²) >= 11 is 13.0. The predicted octanol–water partition coefficient (Wildman–Crippen LogP) is 3.95. The summed E-state index contributed by atoms with van der Waals surface area (Å²) in [6.07, 6.45) is 1.96. The van der Waals surface area contributed by atoms with Crippen LogP contribution < -0.4 is 5.32 Å². The van der Waals surface area contributed by atoms with Gasteiger partial charge < -0.3 is 4.74 Å². The van der Waals surface area contributed by atoms with E-state index in [0.717, 1.165) is 24.5 Å². The van der Waals surface area contributed by atoms with Gasteiger partial charge in [0.15, 0.2) is 0 Å². The van der Waals surface area contributed by atoms with Crippen molar-refractivity contribution in [1.82, 2.24) is 10.2 Å². The Morgan fingerprint density at radius 3 is 2.90 bits per heavy atom. The van der Waals surface area contributed by atoms with Crippen molar-refractivity contribution in [3.8, 4) is 0 Å². The van der Waals surface area contributed by atoms with E-state index in [-0.39, 0.29) is 12.0 Å². The lowest BCUT2D eigenvalue weighted by atomic mass is 10.2. The number of amides is 1. The van der Waals surface area contributed by atoms with Crippen molar-refractivity contribution in [3.05, 3.63) is 38.8 Å². The first-order valence-electron chi connectivity index (χ1n) is 6.35. The molecule has 110 valence electrons. The van der Waals surface area contributed by atoms with E-state index in [2.05, 4.69) is 15.5 Å². The van der Waals surface area contributed by atoms with Crippen LogP contribution in [0.3, 0.4) is 0 Å². The van der Waals surface area contributed by atoms with Gasteiger partial charge in [-0.25, -0.2) is 0 Å². The highest BCUT2D eigenvalue weighted by Crippen LogP contribution is 2.32. The Bertz CT molecular complexity index is 671. The van der Waals surface area contributed by atoms with Crippen LogP contribution in [0.2, 0.25) is 10.0 Å². The minimum atomic E-state index is -0.302. The predicted molar refractivity (Wildman–Crippen MR) is 82.3 cm³/mol. The van der Waals surface area contributed by atoms with Crippen LogP contribution in [0, 0.1) is 0 Å². The summed E-state index contributed by atoms with van der Waals surface area (Å²) < 4.78 is 5.53. The number of hydrogen-bond donors (Lipinski definition) is 1. The van der Waals surface area contributed by atoms with E-state index in [1.54, 1.807) is 12.1 Å². The Morgan fingerprint density at radius 2 is 2.19 bits per heavy atom. The molecule has 21 heavy (non-hydrogen) atoms. The number of hydrogen-bond acceptors (Lipinski definition) is 5. The fraction of sp³-hybridized carbons (Fsp3) is 0.308. The second-order valence-corrected chi connectivity index (χ2v) is 6.35. The number of ether oxygens (including phenoxy) is 1. The first kappa shape index (κ1) is 14.7. The van der Waals surface area contributed by atoms with Crippen molar-refractivity contribution >= 4 is 45.6 Å². The smallest absolute Gasteiger partial charge is 0.257 e. The van der Waals surface area contributed by atoms with Crippen molar-refractivity contribution in [3.63, 3.8) is 0 Å². The summed E-state index contributed by atoms with van der Waals surface area (Å²) in [6.45, 7) is 0.745. The minimum Gasteiger partial charge on any atom is -0.371 e. The molecule has 1 fully saturated rings. The molecule has 0 unspecified atom stereocenters. The maximum atomic E-state index is 12.1. The van der Waals surface area contributed by atoms with Crippen LogP contribution in [-0.4, -0.2) is 22.7 Å². The lowest BCUT2D eigenvalue weighted by molar-refractivity contribution is 0.102. The lowest BCUT2D eigenvalue weighted by Crippen LogP contribution is -2.11. The van der Waals surface area contributed by atoms with Crippen molar-refractivity contribution in [2.45, 2.75) is 18.9 Å². The molecule has 1 aromatic carbocycles. The van der Waals surface area contributed by atoms with Gasteiger partial charge in [-0.1, -0.05) is 34.5 Å². The molecule has 0 bridgehead atoms. The normalized spacial score (nSPS) is 17.9. The Morgan fingerprint density at radius 1 is 1.33 bits per heavy atom. The standard InChI is InChI=1S/C13H11Cl2N3O2S/c14-8-4-3-7(6-9(8)15)11(19)16-13-18-17-12(21-13)10-2-1-5-20-10/h3-4,6,10H,1-2,5H2,(H,16,18,19)/t10-/m1/s1. The number of nitrogens with zero attached hydrogens (tertiary/aromatic N) is 2. The average molecular weight is 344 g/mol. The first-order chi connectivity index (χ1) is 10.1. The van der Waals surface area contributed by atoms with E-state index in [1.807, 2.05) is 0 Å². The highest BCUT2D eigenvalue weighted by Gasteiger charge is 2.22. The lowest BCUT2D eigenvalue weighted by Gasteiger charge is -2.03. The molecule has 0 saturated carbocycles. The van der Waals surface area contributed by atoms with Gasteiger partial charge in [0.25, 0.3) is 5.91 Å². The summed E-state index contributed by atoms with van der Waals surface area (Å²) in [5, 5.41) is 12.7. The number of aromatic nitrogens is 2. The summed E-state index contributed by atoms with van der Waals surface area (Å²) in [6, 6.07) is 4.70. The van der Waals surface area contributed by atoms with Crippen LogP contribution in [-0.2, 0) is 4.74 Å². The summed E-state index contributed by atoms with van der Waals surface area (Å²) in [7, 11) is 0. The molecular formula is C13H11Cl2N3O2S. The molecule has 8 heteroatoms. The molecule has 1 aliphatic rings. The van der Waals surface area contributed by atoms with Gasteiger partial charge in [0.2, 0.25) is 5.13 Å². The monoisotopic (exact) mass is 343 g/mol. The first-order valence-corrected chi connectivity index (χ1v) is 7.92. The van der Waals surface area contributed by atoms with E-state index in [0.29, 0.717) is 20.7 Å². The third kappa shape index (κ3) is 3.35. The van der Waals surface area contributed by atoms with E-state index in [4.69, 9.17) is 27.9 Å². The molecule has 5 nitrogen and oxygen atoms in total. The van der Waals surface area contributed by atoms with Crippen molar-refractivity contribution in [2.24, 2.45) is 0 Å². The topological polar surface area (TPSA) is 64.1 Å². The number of carbonyl (C=O) groups is 1. The molecule has 1 aliphatic heterocycles. The zero-order valence-electron chi connectivity index (χ0n) is 10.8. The van der Waals surface area contributed by atoms with E-state index in [9.17, 15) is 4.79 Å². The SMILES string of the molecule is O=C(Nc1nnc([C@H]2CCCO2)s1)c1ccc(Cl)c(Cl)c1. The molecule has 2 aromatic rings. The van der Waals surface area contributed by atoms with E-state index in [1.165, 1.54) is 17.4 Å². The average Bonchev–Trinajstić information content (AvgIpc) is 3.12. The fourth-order valence-electron chi connectivity index (χ4n) is 1.99. The Kier molecular flexibility index (Phi) is 4.40. The molecule has 3 rings (SSSR count). The maximum Gasteiger partial charge on any atom is 0.257 e. The molecule has 0 aliphatic carbocycles. The molecule has 1 saturated heterocycles. The van der Waals surface area contributed by atoms with Crippen LogP contribution in [0.1, 0.15) is 34.3 Å².